The summed E-state index contributed by atoms with van der Waals surface area (Å²) in [5, 5.41) is 2.77. The Labute approximate surface area is 185 Å². The van der Waals surface area contributed by atoms with E-state index in [1.807, 2.05) is 30.3 Å². The Morgan fingerprint density at radius 3 is 2.06 bits per heavy atom. The van der Waals surface area contributed by atoms with Gasteiger partial charge in [0, 0.05) is 5.57 Å². The highest BCUT2D eigenvalue weighted by Gasteiger charge is 2.24. The molecule has 0 fully saturated rings. The number of amides is 1. The Bertz CT molecular complexity index is 771. The molecule has 31 heavy (non-hydrogen) atoms. The maximum absolute atomic E-state index is 12.5. The van der Waals surface area contributed by atoms with Gasteiger partial charge in [0.15, 0.2) is 0 Å². The van der Waals surface area contributed by atoms with E-state index in [1.165, 1.54) is 0 Å². The standard InChI is InChI=1S/C24H35NO6/c1-8-29-21(27)18(16-20(26)30-23(2,3)4)15-19(14-17-12-10-9-11-13-17)25-22(28)31-24(5,6)7/h9-13,15,19H,8,14,16H2,1-7H3,(H,25,28)/b18-15+/t19-/m0/s1. The van der Waals surface area contributed by atoms with Crippen molar-refractivity contribution >= 4 is 18.0 Å². The number of esters is 2. The van der Waals surface area contributed by atoms with Crippen LogP contribution in [0.25, 0.3) is 0 Å². The molecule has 0 saturated heterocycles. The number of nitrogens with one attached hydrogen (secondary N) is 1. The first-order valence-electron chi connectivity index (χ1n) is 10.4. The molecule has 7 heteroatoms. The van der Waals surface area contributed by atoms with Crippen LogP contribution >= 0.6 is 0 Å². The zero-order valence-electron chi connectivity index (χ0n) is 19.6. The largest absolute Gasteiger partial charge is 0.463 e. The lowest BCUT2D eigenvalue weighted by molar-refractivity contribution is -0.155. The van der Waals surface area contributed by atoms with E-state index >= 15 is 0 Å². The van der Waals surface area contributed by atoms with Gasteiger partial charge in [-0.25, -0.2) is 9.59 Å². The third-order valence-corrected chi connectivity index (χ3v) is 3.70. The molecule has 0 heterocycles. The zero-order chi connectivity index (χ0) is 23.7. The minimum Gasteiger partial charge on any atom is -0.463 e. The highest BCUT2D eigenvalue weighted by Crippen LogP contribution is 2.16. The van der Waals surface area contributed by atoms with Gasteiger partial charge in [0.2, 0.25) is 0 Å². The third kappa shape index (κ3) is 11.8. The molecule has 1 aromatic rings. The second-order valence-electron chi connectivity index (χ2n) is 9.12. The van der Waals surface area contributed by atoms with E-state index in [-0.39, 0.29) is 18.6 Å². The van der Waals surface area contributed by atoms with E-state index in [1.54, 1.807) is 54.5 Å². The van der Waals surface area contributed by atoms with Crippen molar-refractivity contribution in [1.82, 2.24) is 5.32 Å². The van der Waals surface area contributed by atoms with Crippen LogP contribution in [0.3, 0.4) is 0 Å². The van der Waals surface area contributed by atoms with Gasteiger partial charge in [-0.2, -0.15) is 0 Å². The van der Waals surface area contributed by atoms with Gasteiger partial charge in [0.05, 0.1) is 19.1 Å². The summed E-state index contributed by atoms with van der Waals surface area (Å²) in [5.41, 5.74) is -0.297. The predicted octanol–water partition coefficient (Wildman–Crippen LogP) is 4.34. The average molecular weight is 434 g/mol. The van der Waals surface area contributed by atoms with Crippen molar-refractivity contribution in [3.05, 3.63) is 47.5 Å². The summed E-state index contributed by atoms with van der Waals surface area (Å²) < 4.78 is 15.8. The van der Waals surface area contributed by atoms with Crippen molar-refractivity contribution in [2.45, 2.75) is 78.6 Å². The van der Waals surface area contributed by atoms with Crippen LogP contribution in [0.1, 0.15) is 60.5 Å². The van der Waals surface area contributed by atoms with Crippen LogP contribution in [0.4, 0.5) is 4.79 Å². The van der Waals surface area contributed by atoms with Crippen LogP contribution in [-0.2, 0) is 30.2 Å². The Morgan fingerprint density at radius 1 is 0.968 bits per heavy atom. The zero-order valence-corrected chi connectivity index (χ0v) is 19.6. The monoisotopic (exact) mass is 433 g/mol. The first-order chi connectivity index (χ1) is 14.3. The van der Waals surface area contributed by atoms with Crippen molar-refractivity contribution < 1.29 is 28.6 Å². The molecule has 0 aliphatic carbocycles. The molecule has 7 nitrogen and oxygen atoms in total. The van der Waals surface area contributed by atoms with E-state index in [9.17, 15) is 14.4 Å². The Balaban J connectivity index is 3.18. The van der Waals surface area contributed by atoms with Crippen LogP contribution in [0, 0.1) is 0 Å². The van der Waals surface area contributed by atoms with Gasteiger partial charge in [-0.15, -0.1) is 0 Å². The van der Waals surface area contributed by atoms with E-state index in [2.05, 4.69) is 5.32 Å². The lowest BCUT2D eigenvalue weighted by Crippen LogP contribution is -2.39. The van der Waals surface area contributed by atoms with Crippen LogP contribution in [0.15, 0.2) is 42.0 Å². The third-order valence-electron chi connectivity index (χ3n) is 3.70. The number of hydrogen-bond donors (Lipinski definition) is 1. The van der Waals surface area contributed by atoms with Crippen LogP contribution in [0.2, 0.25) is 0 Å². The number of carbonyl (C=O) groups excluding carboxylic acids is 3. The molecular weight excluding hydrogens is 398 g/mol. The lowest BCUT2D eigenvalue weighted by atomic mass is 10.0. The fraction of sp³-hybridized carbons (Fsp3) is 0.542. The molecule has 1 atom stereocenters. The lowest BCUT2D eigenvalue weighted by Gasteiger charge is -2.23. The molecule has 1 N–H and O–H groups in total. The van der Waals surface area contributed by atoms with E-state index in [4.69, 9.17) is 14.2 Å². The number of ether oxygens (including phenoxy) is 3. The summed E-state index contributed by atoms with van der Waals surface area (Å²) in [6, 6.07) is 8.89. The SMILES string of the molecule is CCOC(=O)/C(=C/[C@H](Cc1ccccc1)NC(=O)OC(C)(C)C)CC(=O)OC(C)(C)C. The van der Waals surface area contributed by atoms with Crippen molar-refractivity contribution in [3.63, 3.8) is 0 Å². The maximum atomic E-state index is 12.5. The molecule has 0 aliphatic heterocycles. The van der Waals surface area contributed by atoms with Gasteiger partial charge in [-0.3, -0.25) is 4.79 Å². The fourth-order valence-electron chi connectivity index (χ4n) is 2.68. The van der Waals surface area contributed by atoms with E-state index in [0.29, 0.717) is 6.42 Å². The Hall–Kier alpha value is -2.83. The minimum atomic E-state index is -0.685. The summed E-state index contributed by atoms with van der Waals surface area (Å²) in [4.78, 5) is 37.2. The number of rotatable bonds is 8. The molecule has 0 aliphatic rings. The van der Waals surface area contributed by atoms with Gasteiger partial charge >= 0.3 is 18.0 Å². The smallest absolute Gasteiger partial charge is 0.408 e. The van der Waals surface area contributed by atoms with Crippen LogP contribution in [-0.4, -0.2) is 41.9 Å². The quantitative estimate of drug-likeness (QED) is 0.372. The molecule has 1 amide bonds. The topological polar surface area (TPSA) is 90.9 Å². The second-order valence-corrected chi connectivity index (χ2v) is 9.12. The second kappa shape index (κ2) is 11.5. The van der Waals surface area contributed by atoms with Crippen molar-refractivity contribution in [1.29, 1.82) is 0 Å². The normalized spacial score (nSPS) is 13.2. The van der Waals surface area contributed by atoms with E-state index < -0.39 is 35.3 Å². The fourth-order valence-corrected chi connectivity index (χ4v) is 2.68. The molecule has 0 unspecified atom stereocenters. The van der Waals surface area contributed by atoms with Gasteiger partial charge in [-0.1, -0.05) is 36.4 Å². The number of carbonyl (C=O) groups is 3. The molecule has 0 aromatic heterocycles. The average Bonchev–Trinajstić information content (AvgIpc) is 2.58. The number of alkyl carbamates (subject to hydrolysis) is 1. The molecule has 0 bridgehead atoms. The van der Waals surface area contributed by atoms with Gasteiger partial charge < -0.3 is 19.5 Å². The summed E-state index contributed by atoms with van der Waals surface area (Å²) in [6.07, 6.45) is 1.05. The number of hydrogen-bond acceptors (Lipinski definition) is 6. The number of benzene rings is 1. The summed E-state index contributed by atoms with van der Waals surface area (Å²) >= 11 is 0. The predicted molar refractivity (Wildman–Crippen MR) is 118 cm³/mol. The van der Waals surface area contributed by atoms with Gasteiger partial charge in [0.25, 0.3) is 0 Å². The summed E-state index contributed by atoms with van der Waals surface area (Å²) in [5.74, 6) is -1.18. The van der Waals surface area contributed by atoms with Crippen molar-refractivity contribution in [3.8, 4) is 0 Å². The molecule has 172 valence electrons. The molecule has 0 saturated carbocycles. The summed E-state index contributed by atoms with van der Waals surface area (Å²) in [7, 11) is 0. The molecule has 0 spiro atoms. The highest BCUT2D eigenvalue weighted by atomic mass is 16.6. The van der Waals surface area contributed by atoms with Crippen LogP contribution in [0.5, 0.6) is 0 Å². The molecule has 1 aromatic carbocycles. The van der Waals surface area contributed by atoms with Crippen LogP contribution < -0.4 is 5.32 Å². The van der Waals surface area contributed by atoms with Gasteiger partial charge in [-0.05, 0) is 60.5 Å². The van der Waals surface area contributed by atoms with Crippen molar-refractivity contribution in [2.24, 2.45) is 0 Å². The maximum Gasteiger partial charge on any atom is 0.408 e. The Kier molecular flexibility index (Phi) is 9.75. The minimum absolute atomic E-state index is 0.119. The summed E-state index contributed by atoms with van der Waals surface area (Å²) in [6.45, 7) is 12.4. The molecule has 1 rings (SSSR count). The van der Waals surface area contributed by atoms with Crippen molar-refractivity contribution in [2.75, 3.05) is 6.61 Å². The first kappa shape index (κ1) is 26.2. The van der Waals surface area contributed by atoms with E-state index in [0.717, 1.165) is 5.56 Å². The first-order valence-corrected chi connectivity index (χ1v) is 10.4. The molecule has 0 radical (unpaired) electrons. The molecular formula is C24H35NO6. The Morgan fingerprint density at radius 2 is 1.55 bits per heavy atom. The highest BCUT2D eigenvalue weighted by molar-refractivity contribution is 5.94. The van der Waals surface area contributed by atoms with Gasteiger partial charge in [0.1, 0.15) is 11.2 Å².